The summed E-state index contributed by atoms with van der Waals surface area (Å²) in [5, 5.41) is 3.34. The Morgan fingerprint density at radius 3 is 2.33 bits per heavy atom. The highest BCUT2D eigenvalue weighted by molar-refractivity contribution is 5.47. The number of nitrogens with one attached hydrogen (secondary N) is 1. The van der Waals surface area contributed by atoms with Crippen LogP contribution in [-0.2, 0) is 0 Å². The van der Waals surface area contributed by atoms with Gasteiger partial charge in [0.25, 0.3) is 0 Å². The predicted molar refractivity (Wildman–Crippen MR) is 63.6 cm³/mol. The zero-order valence-electron chi connectivity index (χ0n) is 10.1. The number of rotatable bonds is 3. The monoisotopic (exact) mass is 259 g/mol. The maximum Gasteiger partial charge on any atom is 0.573 e. The third-order valence-corrected chi connectivity index (χ3v) is 3.30. The number of anilines is 1. The standard InChI is InChI=1S/C13H16F3NO/c1-9-3-2-4-12(9)17-10-5-7-11(8-6-10)18-13(14,15)16/h5-9,12,17H,2-4H2,1H3. The second kappa shape index (κ2) is 5.08. The molecule has 2 nitrogen and oxygen atoms in total. The summed E-state index contributed by atoms with van der Waals surface area (Å²) in [6.45, 7) is 2.19. The molecule has 0 spiro atoms. The van der Waals surface area contributed by atoms with Gasteiger partial charge >= 0.3 is 6.36 Å². The summed E-state index contributed by atoms with van der Waals surface area (Å²) >= 11 is 0. The Labute approximate surface area is 104 Å². The van der Waals surface area contributed by atoms with Crippen LogP contribution < -0.4 is 10.1 Å². The van der Waals surface area contributed by atoms with Crippen LogP contribution in [0.2, 0.25) is 0 Å². The number of hydrogen-bond donors (Lipinski definition) is 1. The summed E-state index contributed by atoms with van der Waals surface area (Å²) in [5.74, 6) is 0.420. The lowest BCUT2D eigenvalue weighted by Crippen LogP contribution is -2.21. The molecule has 1 aromatic carbocycles. The van der Waals surface area contributed by atoms with Gasteiger partial charge in [0, 0.05) is 11.7 Å². The minimum Gasteiger partial charge on any atom is -0.406 e. The largest absolute Gasteiger partial charge is 0.573 e. The lowest BCUT2D eigenvalue weighted by atomic mass is 10.1. The van der Waals surface area contributed by atoms with Crippen molar-refractivity contribution < 1.29 is 17.9 Å². The Morgan fingerprint density at radius 1 is 1.17 bits per heavy atom. The van der Waals surface area contributed by atoms with Crippen molar-refractivity contribution in [1.82, 2.24) is 0 Å². The minimum absolute atomic E-state index is 0.187. The maximum absolute atomic E-state index is 12.0. The third-order valence-electron chi connectivity index (χ3n) is 3.30. The first kappa shape index (κ1) is 13.1. The van der Waals surface area contributed by atoms with E-state index < -0.39 is 6.36 Å². The van der Waals surface area contributed by atoms with E-state index in [1.165, 1.54) is 25.0 Å². The van der Waals surface area contributed by atoms with E-state index in [0.29, 0.717) is 12.0 Å². The number of benzene rings is 1. The molecule has 2 atom stereocenters. The Morgan fingerprint density at radius 2 is 1.83 bits per heavy atom. The Bertz CT molecular complexity index is 388. The van der Waals surface area contributed by atoms with Gasteiger partial charge in [0.05, 0.1) is 0 Å². The summed E-state index contributed by atoms with van der Waals surface area (Å²) in [5.41, 5.74) is 0.836. The molecular formula is C13H16F3NO. The SMILES string of the molecule is CC1CCCC1Nc1ccc(OC(F)(F)F)cc1. The lowest BCUT2D eigenvalue weighted by molar-refractivity contribution is -0.274. The molecule has 1 fully saturated rings. The smallest absolute Gasteiger partial charge is 0.406 e. The zero-order valence-corrected chi connectivity index (χ0v) is 10.1. The minimum atomic E-state index is -4.63. The Kier molecular flexibility index (Phi) is 3.68. The lowest BCUT2D eigenvalue weighted by Gasteiger charge is -2.19. The van der Waals surface area contributed by atoms with Crippen molar-refractivity contribution in [3.8, 4) is 5.75 Å². The molecule has 1 aromatic rings. The number of hydrogen-bond acceptors (Lipinski definition) is 2. The first-order chi connectivity index (χ1) is 8.44. The van der Waals surface area contributed by atoms with E-state index in [2.05, 4.69) is 17.0 Å². The van der Waals surface area contributed by atoms with E-state index in [1.54, 1.807) is 12.1 Å². The van der Waals surface area contributed by atoms with Crippen LogP contribution in [-0.4, -0.2) is 12.4 Å². The first-order valence-corrected chi connectivity index (χ1v) is 6.06. The summed E-state index contributed by atoms with van der Waals surface area (Å²) in [6, 6.07) is 6.31. The predicted octanol–water partition coefficient (Wildman–Crippen LogP) is 4.19. The normalized spacial score (nSPS) is 24.0. The molecule has 0 amide bonds. The average Bonchev–Trinajstić information content (AvgIpc) is 2.65. The van der Waals surface area contributed by atoms with Gasteiger partial charge in [0.2, 0.25) is 0 Å². The van der Waals surface area contributed by atoms with Crippen molar-refractivity contribution in [2.24, 2.45) is 5.92 Å². The summed E-state index contributed by atoms with van der Waals surface area (Å²) < 4.78 is 39.8. The van der Waals surface area contributed by atoms with Crippen molar-refractivity contribution >= 4 is 5.69 Å². The number of ether oxygens (including phenoxy) is 1. The van der Waals surface area contributed by atoms with Gasteiger partial charge in [-0.3, -0.25) is 0 Å². The van der Waals surface area contributed by atoms with Gasteiger partial charge in [-0.1, -0.05) is 13.3 Å². The van der Waals surface area contributed by atoms with E-state index in [9.17, 15) is 13.2 Å². The number of halogens is 3. The zero-order chi connectivity index (χ0) is 13.2. The van der Waals surface area contributed by atoms with E-state index in [0.717, 1.165) is 12.1 Å². The quantitative estimate of drug-likeness (QED) is 0.879. The fraction of sp³-hybridized carbons (Fsp3) is 0.538. The highest BCUT2D eigenvalue weighted by Crippen LogP contribution is 2.29. The van der Waals surface area contributed by atoms with Crippen LogP contribution in [0.4, 0.5) is 18.9 Å². The third kappa shape index (κ3) is 3.55. The van der Waals surface area contributed by atoms with Gasteiger partial charge in [-0.05, 0) is 43.0 Å². The van der Waals surface area contributed by atoms with Gasteiger partial charge in [-0.25, -0.2) is 0 Å². The molecule has 5 heteroatoms. The average molecular weight is 259 g/mol. The van der Waals surface area contributed by atoms with Crippen molar-refractivity contribution in [2.45, 2.75) is 38.6 Å². The molecule has 1 aliphatic rings. The van der Waals surface area contributed by atoms with Gasteiger partial charge in [0.15, 0.2) is 0 Å². The molecule has 2 rings (SSSR count). The van der Waals surface area contributed by atoms with Gasteiger partial charge in [-0.2, -0.15) is 0 Å². The van der Waals surface area contributed by atoms with Crippen LogP contribution in [0.25, 0.3) is 0 Å². The second-order valence-corrected chi connectivity index (χ2v) is 4.73. The molecule has 0 aromatic heterocycles. The molecule has 1 aliphatic carbocycles. The number of alkyl halides is 3. The fourth-order valence-electron chi connectivity index (χ4n) is 2.33. The maximum atomic E-state index is 12.0. The Hall–Kier alpha value is -1.39. The molecule has 0 aliphatic heterocycles. The molecule has 100 valence electrons. The summed E-state index contributed by atoms with van der Waals surface area (Å²) in [7, 11) is 0. The van der Waals surface area contributed by atoms with Crippen molar-refractivity contribution in [1.29, 1.82) is 0 Å². The Balaban J connectivity index is 1.95. The van der Waals surface area contributed by atoms with Crippen LogP contribution in [0.3, 0.4) is 0 Å². The molecule has 1 saturated carbocycles. The van der Waals surface area contributed by atoms with Crippen LogP contribution in [0.5, 0.6) is 5.75 Å². The second-order valence-electron chi connectivity index (χ2n) is 4.73. The molecule has 0 radical (unpaired) electrons. The molecule has 0 bridgehead atoms. The van der Waals surface area contributed by atoms with Crippen LogP contribution in [0.15, 0.2) is 24.3 Å². The van der Waals surface area contributed by atoms with E-state index in [4.69, 9.17) is 0 Å². The van der Waals surface area contributed by atoms with Crippen molar-refractivity contribution in [2.75, 3.05) is 5.32 Å². The first-order valence-electron chi connectivity index (χ1n) is 6.06. The van der Waals surface area contributed by atoms with E-state index >= 15 is 0 Å². The van der Waals surface area contributed by atoms with Gasteiger partial charge < -0.3 is 10.1 Å². The summed E-state index contributed by atoms with van der Waals surface area (Å²) in [4.78, 5) is 0. The topological polar surface area (TPSA) is 21.3 Å². The highest BCUT2D eigenvalue weighted by atomic mass is 19.4. The van der Waals surface area contributed by atoms with E-state index in [1.807, 2.05) is 0 Å². The van der Waals surface area contributed by atoms with Crippen LogP contribution in [0.1, 0.15) is 26.2 Å². The van der Waals surface area contributed by atoms with Crippen LogP contribution in [0, 0.1) is 5.92 Å². The molecule has 0 heterocycles. The molecule has 18 heavy (non-hydrogen) atoms. The van der Waals surface area contributed by atoms with Crippen molar-refractivity contribution in [3.05, 3.63) is 24.3 Å². The molecule has 1 N–H and O–H groups in total. The van der Waals surface area contributed by atoms with Crippen LogP contribution >= 0.6 is 0 Å². The summed E-state index contributed by atoms with van der Waals surface area (Å²) in [6.07, 6.45) is -1.11. The van der Waals surface area contributed by atoms with Gasteiger partial charge in [0.1, 0.15) is 5.75 Å². The van der Waals surface area contributed by atoms with Crippen molar-refractivity contribution in [3.63, 3.8) is 0 Å². The van der Waals surface area contributed by atoms with E-state index in [-0.39, 0.29) is 5.75 Å². The molecule has 2 unspecified atom stereocenters. The molecule has 0 saturated heterocycles. The molecular weight excluding hydrogens is 243 g/mol. The fourth-order valence-corrected chi connectivity index (χ4v) is 2.33. The van der Waals surface area contributed by atoms with Gasteiger partial charge in [-0.15, -0.1) is 13.2 Å². The highest BCUT2D eigenvalue weighted by Gasteiger charge is 2.31.